The van der Waals surface area contributed by atoms with Gasteiger partial charge in [0.2, 0.25) is 0 Å². The van der Waals surface area contributed by atoms with Crippen LogP contribution in [0.5, 0.6) is 0 Å². The Hall–Kier alpha value is -2.82. The first-order valence-corrected chi connectivity index (χ1v) is 9.34. The predicted octanol–water partition coefficient (Wildman–Crippen LogP) is 4.41. The molecule has 0 aromatic heterocycles. The second-order valence-corrected chi connectivity index (χ2v) is 7.06. The van der Waals surface area contributed by atoms with E-state index in [4.69, 9.17) is 9.84 Å². The van der Waals surface area contributed by atoms with E-state index >= 15 is 0 Å². The predicted molar refractivity (Wildman–Crippen MR) is 104 cm³/mol. The van der Waals surface area contributed by atoms with Crippen LogP contribution in [-0.2, 0) is 9.53 Å². The summed E-state index contributed by atoms with van der Waals surface area (Å²) in [6, 6.07) is 15.8. The summed E-state index contributed by atoms with van der Waals surface area (Å²) in [6.07, 6.45) is 0.101. The molecule has 2 atom stereocenters. The van der Waals surface area contributed by atoms with E-state index in [1.54, 1.807) is 0 Å². The maximum atomic E-state index is 12.3. The highest BCUT2D eigenvalue weighted by molar-refractivity contribution is 5.79. The number of rotatable bonds is 7. The largest absolute Gasteiger partial charge is 0.481 e. The van der Waals surface area contributed by atoms with E-state index in [1.165, 1.54) is 11.1 Å². The van der Waals surface area contributed by atoms with Crippen LogP contribution in [0.15, 0.2) is 48.5 Å². The molecule has 2 aromatic rings. The number of carbonyl (C=O) groups excluding carboxylic acids is 1. The summed E-state index contributed by atoms with van der Waals surface area (Å²) >= 11 is 0. The van der Waals surface area contributed by atoms with E-state index in [0.29, 0.717) is 0 Å². The van der Waals surface area contributed by atoms with Crippen LogP contribution in [0.4, 0.5) is 4.79 Å². The minimum Gasteiger partial charge on any atom is -0.481 e. The Morgan fingerprint density at radius 3 is 2.15 bits per heavy atom. The molecule has 0 spiro atoms. The zero-order valence-electron chi connectivity index (χ0n) is 15.6. The molecule has 0 saturated carbocycles. The molecule has 2 aromatic carbocycles. The van der Waals surface area contributed by atoms with Gasteiger partial charge in [0.1, 0.15) is 6.61 Å². The van der Waals surface area contributed by atoms with Gasteiger partial charge in [-0.2, -0.15) is 0 Å². The lowest BCUT2D eigenvalue weighted by Gasteiger charge is -2.23. The number of benzene rings is 2. The molecule has 0 heterocycles. The molecule has 2 N–H and O–H groups in total. The maximum Gasteiger partial charge on any atom is 0.407 e. The second-order valence-electron chi connectivity index (χ2n) is 7.06. The standard InChI is InChI=1S/C22H25NO4/c1-3-14(2)20(12-21(24)25)23-22(26)27-13-19-17-10-6-4-8-15(17)16-9-5-7-11-18(16)19/h4-11,14,19-20H,3,12-13H2,1-2H3,(H,23,26)(H,24,25)/t14-,20?/m1/s1. The quantitative estimate of drug-likeness (QED) is 0.760. The number of aliphatic carboxylic acids is 1. The van der Waals surface area contributed by atoms with Gasteiger partial charge >= 0.3 is 12.1 Å². The molecule has 0 fully saturated rings. The first-order valence-electron chi connectivity index (χ1n) is 9.34. The van der Waals surface area contributed by atoms with Gasteiger partial charge in [0, 0.05) is 12.0 Å². The van der Waals surface area contributed by atoms with Gasteiger partial charge in [-0.1, -0.05) is 68.8 Å². The molecular weight excluding hydrogens is 342 g/mol. The molecule has 5 heteroatoms. The summed E-state index contributed by atoms with van der Waals surface area (Å²) < 4.78 is 5.50. The highest BCUT2D eigenvalue weighted by Gasteiger charge is 2.29. The average molecular weight is 367 g/mol. The van der Waals surface area contributed by atoms with Crippen molar-refractivity contribution in [2.45, 2.75) is 38.6 Å². The van der Waals surface area contributed by atoms with Crippen molar-refractivity contribution >= 4 is 12.1 Å². The Balaban J connectivity index is 1.69. The van der Waals surface area contributed by atoms with Gasteiger partial charge < -0.3 is 15.2 Å². The van der Waals surface area contributed by atoms with Crippen LogP contribution in [0.1, 0.15) is 43.7 Å². The van der Waals surface area contributed by atoms with Crippen molar-refractivity contribution in [1.82, 2.24) is 5.32 Å². The lowest BCUT2D eigenvalue weighted by atomic mass is 9.96. The SMILES string of the molecule is CC[C@@H](C)C(CC(=O)O)NC(=O)OCC1c2ccccc2-c2ccccc21. The zero-order chi connectivity index (χ0) is 19.4. The van der Waals surface area contributed by atoms with E-state index in [9.17, 15) is 9.59 Å². The number of carboxylic acid groups (broad SMARTS) is 1. The molecule has 1 aliphatic rings. The number of hydrogen-bond donors (Lipinski definition) is 2. The monoisotopic (exact) mass is 367 g/mol. The Kier molecular flexibility index (Phi) is 5.79. The fourth-order valence-electron chi connectivity index (χ4n) is 3.66. The van der Waals surface area contributed by atoms with Crippen LogP contribution in [0.2, 0.25) is 0 Å². The number of fused-ring (bicyclic) bond motifs is 3. The highest BCUT2D eigenvalue weighted by atomic mass is 16.5. The third kappa shape index (κ3) is 4.13. The van der Waals surface area contributed by atoms with Crippen LogP contribution in [-0.4, -0.2) is 29.8 Å². The Labute approximate surface area is 159 Å². The molecule has 142 valence electrons. The maximum absolute atomic E-state index is 12.3. The van der Waals surface area contributed by atoms with Gasteiger partial charge in [-0.05, 0) is 28.2 Å². The van der Waals surface area contributed by atoms with Crippen LogP contribution >= 0.6 is 0 Å². The van der Waals surface area contributed by atoms with Gasteiger partial charge in [-0.3, -0.25) is 4.79 Å². The molecule has 0 bridgehead atoms. The van der Waals surface area contributed by atoms with E-state index in [1.807, 2.05) is 38.1 Å². The topological polar surface area (TPSA) is 75.6 Å². The summed E-state index contributed by atoms with van der Waals surface area (Å²) in [7, 11) is 0. The van der Waals surface area contributed by atoms with Crippen molar-refractivity contribution in [3.63, 3.8) is 0 Å². The number of amides is 1. The van der Waals surface area contributed by atoms with Crippen LogP contribution < -0.4 is 5.32 Å². The Morgan fingerprint density at radius 2 is 1.63 bits per heavy atom. The van der Waals surface area contributed by atoms with Crippen molar-refractivity contribution in [1.29, 1.82) is 0 Å². The zero-order valence-corrected chi connectivity index (χ0v) is 15.6. The number of ether oxygens (including phenoxy) is 1. The van der Waals surface area contributed by atoms with E-state index in [2.05, 4.69) is 29.6 Å². The Bertz CT molecular complexity index is 787. The second kappa shape index (κ2) is 8.25. The normalized spacial score (nSPS) is 14.7. The summed E-state index contributed by atoms with van der Waals surface area (Å²) in [4.78, 5) is 23.4. The molecule has 27 heavy (non-hydrogen) atoms. The fraction of sp³-hybridized carbons (Fsp3) is 0.364. The molecule has 0 saturated heterocycles. The molecule has 0 aliphatic heterocycles. The number of nitrogens with one attached hydrogen (secondary N) is 1. The summed E-state index contributed by atoms with van der Waals surface area (Å²) in [5.41, 5.74) is 4.64. The molecule has 0 radical (unpaired) electrons. The summed E-state index contributed by atoms with van der Waals surface area (Å²) in [5.74, 6) is -0.884. The van der Waals surface area contributed by atoms with Gasteiger partial charge in [-0.25, -0.2) is 4.79 Å². The number of alkyl carbamates (subject to hydrolysis) is 1. The van der Waals surface area contributed by atoms with Gasteiger partial charge in [0.05, 0.1) is 6.42 Å². The van der Waals surface area contributed by atoms with Gasteiger partial charge in [0.15, 0.2) is 0 Å². The van der Waals surface area contributed by atoms with E-state index in [-0.39, 0.29) is 24.9 Å². The molecule has 5 nitrogen and oxygen atoms in total. The van der Waals surface area contributed by atoms with Gasteiger partial charge in [-0.15, -0.1) is 0 Å². The van der Waals surface area contributed by atoms with Crippen LogP contribution in [0, 0.1) is 5.92 Å². The minimum absolute atomic E-state index is 0.00956. The lowest BCUT2D eigenvalue weighted by Crippen LogP contribution is -2.41. The van der Waals surface area contributed by atoms with Crippen LogP contribution in [0.25, 0.3) is 11.1 Å². The van der Waals surface area contributed by atoms with Crippen molar-refractivity contribution in [3.05, 3.63) is 59.7 Å². The number of carbonyl (C=O) groups is 2. The number of carboxylic acids is 1. The molecule has 3 rings (SSSR count). The van der Waals surface area contributed by atoms with Crippen molar-refractivity contribution in [3.8, 4) is 11.1 Å². The van der Waals surface area contributed by atoms with Crippen molar-refractivity contribution in [2.75, 3.05) is 6.61 Å². The smallest absolute Gasteiger partial charge is 0.407 e. The van der Waals surface area contributed by atoms with E-state index < -0.39 is 18.1 Å². The summed E-state index contributed by atoms with van der Waals surface area (Å²) in [6.45, 7) is 4.12. The lowest BCUT2D eigenvalue weighted by molar-refractivity contribution is -0.137. The fourth-order valence-corrected chi connectivity index (χ4v) is 3.66. The Morgan fingerprint density at radius 1 is 1.07 bits per heavy atom. The summed E-state index contributed by atoms with van der Waals surface area (Å²) in [5, 5.41) is 11.8. The third-order valence-corrected chi connectivity index (χ3v) is 5.37. The molecule has 1 aliphatic carbocycles. The first-order chi connectivity index (χ1) is 13.0. The van der Waals surface area contributed by atoms with Crippen molar-refractivity contribution < 1.29 is 19.4 Å². The average Bonchev–Trinajstić information content (AvgIpc) is 2.99. The van der Waals surface area contributed by atoms with Crippen LogP contribution in [0.3, 0.4) is 0 Å². The minimum atomic E-state index is -0.931. The molecular formula is C22H25NO4. The van der Waals surface area contributed by atoms with Crippen molar-refractivity contribution in [2.24, 2.45) is 5.92 Å². The first kappa shape index (κ1) is 19.0. The molecule has 1 unspecified atom stereocenters. The number of hydrogen-bond acceptors (Lipinski definition) is 3. The third-order valence-electron chi connectivity index (χ3n) is 5.37. The molecule has 1 amide bonds. The van der Waals surface area contributed by atoms with Gasteiger partial charge in [0.25, 0.3) is 0 Å². The highest BCUT2D eigenvalue weighted by Crippen LogP contribution is 2.44. The van der Waals surface area contributed by atoms with E-state index in [0.717, 1.165) is 17.5 Å².